The molecule has 0 bridgehead atoms. The van der Waals surface area contributed by atoms with Gasteiger partial charge in [-0.25, -0.2) is 4.98 Å². The molecule has 0 fully saturated rings. The molecule has 0 aliphatic heterocycles. The third kappa shape index (κ3) is 3.33. The Morgan fingerprint density at radius 2 is 2.00 bits per heavy atom. The van der Waals surface area contributed by atoms with Gasteiger partial charge in [-0.1, -0.05) is 44.2 Å². The van der Waals surface area contributed by atoms with Gasteiger partial charge in [-0.15, -0.1) is 11.3 Å². The molecule has 2 aromatic rings. The first-order chi connectivity index (χ1) is 8.58. The number of benzene rings is 1. The lowest BCUT2D eigenvalue weighted by molar-refractivity contribution is 0.450. The topological polar surface area (TPSA) is 24.9 Å². The first-order valence-electron chi connectivity index (χ1n) is 6.29. The van der Waals surface area contributed by atoms with Crippen LogP contribution in [-0.2, 0) is 5.41 Å². The minimum atomic E-state index is 0.172. The largest absolute Gasteiger partial charge is 0.359 e. The van der Waals surface area contributed by atoms with E-state index < -0.39 is 0 Å². The van der Waals surface area contributed by atoms with Crippen molar-refractivity contribution in [2.45, 2.75) is 38.6 Å². The number of rotatable bonds is 5. The van der Waals surface area contributed by atoms with Gasteiger partial charge in [0, 0.05) is 17.6 Å². The summed E-state index contributed by atoms with van der Waals surface area (Å²) in [7, 11) is 0. The van der Waals surface area contributed by atoms with Crippen molar-refractivity contribution in [2.24, 2.45) is 0 Å². The fraction of sp³-hybridized carbons (Fsp3) is 0.400. The second-order valence-corrected chi connectivity index (χ2v) is 6.23. The number of thiazole rings is 1. The Morgan fingerprint density at radius 3 is 2.61 bits per heavy atom. The molecule has 1 aromatic carbocycles. The van der Waals surface area contributed by atoms with Gasteiger partial charge in [-0.05, 0) is 24.3 Å². The summed E-state index contributed by atoms with van der Waals surface area (Å²) in [4.78, 5) is 4.27. The summed E-state index contributed by atoms with van der Waals surface area (Å²) >= 11 is 1.65. The van der Waals surface area contributed by atoms with E-state index in [9.17, 15) is 0 Å². The van der Waals surface area contributed by atoms with Crippen LogP contribution in [0.2, 0.25) is 0 Å². The molecule has 1 aromatic heterocycles. The molecule has 0 saturated carbocycles. The van der Waals surface area contributed by atoms with Gasteiger partial charge >= 0.3 is 0 Å². The van der Waals surface area contributed by atoms with Crippen LogP contribution in [0, 0.1) is 0 Å². The molecular weight excluding hydrogens is 240 g/mol. The second kappa shape index (κ2) is 5.53. The smallest absolute Gasteiger partial charge is 0.182 e. The first-order valence-corrected chi connectivity index (χ1v) is 7.17. The van der Waals surface area contributed by atoms with Crippen LogP contribution in [-0.4, -0.2) is 11.0 Å². The molecule has 0 aliphatic carbocycles. The standard InChI is InChI=1S/C15H20N2S/c1-12(17-14-16-9-10-18-14)11-15(2,3)13-7-5-4-6-8-13/h4-10,12H,11H2,1-3H3,(H,16,17). The summed E-state index contributed by atoms with van der Waals surface area (Å²) in [5, 5.41) is 6.46. The van der Waals surface area contributed by atoms with Gasteiger partial charge in [0.05, 0.1) is 0 Å². The van der Waals surface area contributed by atoms with Gasteiger partial charge < -0.3 is 5.32 Å². The minimum absolute atomic E-state index is 0.172. The molecule has 1 atom stereocenters. The van der Waals surface area contributed by atoms with E-state index >= 15 is 0 Å². The number of anilines is 1. The molecule has 3 heteroatoms. The molecular formula is C15H20N2S. The van der Waals surface area contributed by atoms with Crippen LogP contribution >= 0.6 is 11.3 Å². The maximum Gasteiger partial charge on any atom is 0.182 e. The van der Waals surface area contributed by atoms with Crippen molar-refractivity contribution in [2.75, 3.05) is 5.32 Å². The normalized spacial score (nSPS) is 13.3. The maximum atomic E-state index is 4.27. The summed E-state index contributed by atoms with van der Waals surface area (Å²) in [6, 6.07) is 11.1. The summed E-state index contributed by atoms with van der Waals surface area (Å²) in [5.74, 6) is 0. The fourth-order valence-electron chi connectivity index (χ4n) is 2.33. The van der Waals surface area contributed by atoms with Crippen molar-refractivity contribution < 1.29 is 0 Å². The molecule has 2 nitrogen and oxygen atoms in total. The zero-order valence-electron chi connectivity index (χ0n) is 11.2. The van der Waals surface area contributed by atoms with Crippen LogP contribution in [0.25, 0.3) is 0 Å². The van der Waals surface area contributed by atoms with Gasteiger partial charge in [0.2, 0.25) is 0 Å². The van der Waals surface area contributed by atoms with Crippen molar-refractivity contribution in [3.8, 4) is 0 Å². The van der Waals surface area contributed by atoms with Gasteiger partial charge in [0.15, 0.2) is 5.13 Å². The Morgan fingerprint density at radius 1 is 1.28 bits per heavy atom. The number of nitrogens with zero attached hydrogens (tertiary/aromatic N) is 1. The first kappa shape index (κ1) is 13.1. The number of aromatic nitrogens is 1. The molecule has 1 N–H and O–H groups in total. The monoisotopic (exact) mass is 260 g/mol. The van der Waals surface area contributed by atoms with Crippen LogP contribution < -0.4 is 5.32 Å². The zero-order chi connectivity index (χ0) is 13.0. The molecule has 0 saturated heterocycles. The van der Waals surface area contributed by atoms with Crippen molar-refractivity contribution in [1.82, 2.24) is 4.98 Å². The molecule has 18 heavy (non-hydrogen) atoms. The van der Waals surface area contributed by atoms with Crippen LogP contribution in [0.15, 0.2) is 41.9 Å². The Bertz CT molecular complexity index is 463. The lowest BCUT2D eigenvalue weighted by Crippen LogP contribution is -2.27. The van der Waals surface area contributed by atoms with Gasteiger partial charge in [0.1, 0.15) is 0 Å². The highest BCUT2D eigenvalue weighted by molar-refractivity contribution is 7.13. The van der Waals surface area contributed by atoms with E-state index in [1.165, 1.54) is 5.56 Å². The number of hydrogen-bond acceptors (Lipinski definition) is 3. The summed E-state index contributed by atoms with van der Waals surface area (Å²) in [5.41, 5.74) is 1.56. The van der Waals surface area contributed by atoms with Crippen molar-refractivity contribution >= 4 is 16.5 Å². The molecule has 0 radical (unpaired) electrons. The van der Waals surface area contributed by atoms with Crippen molar-refractivity contribution in [3.63, 3.8) is 0 Å². The lowest BCUT2D eigenvalue weighted by Gasteiger charge is -2.29. The summed E-state index contributed by atoms with van der Waals surface area (Å²) in [6.45, 7) is 6.80. The summed E-state index contributed by atoms with van der Waals surface area (Å²) < 4.78 is 0. The summed E-state index contributed by atoms with van der Waals surface area (Å²) in [6.07, 6.45) is 2.92. The Labute approximate surface area is 113 Å². The van der Waals surface area contributed by atoms with Crippen LogP contribution in [0.4, 0.5) is 5.13 Å². The van der Waals surface area contributed by atoms with E-state index in [4.69, 9.17) is 0 Å². The molecule has 2 rings (SSSR count). The average Bonchev–Trinajstić information content (AvgIpc) is 2.82. The van der Waals surface area contributed by atoms with E-state index in [-0.39, 0.29) is 5.41 Å². The SMILES string of the molecule is CC(CC(C)(C)c1ccccc1)Nc1nccs1. The fourth-order valence-corrected chi connectivity index (χ4v) is 2.97. The quantitative estimate of drug-likeness (QED) is 0.866. The van der Waals surface area contributed by atoms with Crippen molar-refractivity contribution in [3.05, 3.63) is 47.5 Å². The predicted octanol–water partition coefficient (Wildman–Crippen LogP) is 4.31. The Balaban J connectivity index is 1.99. The number of hydrogen-bond donors (Lipinski definition) is 1. The Hall–Kier alpha value is -1.35. The molecule has 0 amide bonds. The zero-order valence-corrected chi connectivity index (χ0v) is 12.0. The van der Waals surface area contributed by atoms with Crippen LogP contribution in [0.3, 0.4) is 0 Å². The molecule has 0 aliphatic rings. The lowest BCUT2D eigenvalue weighted by atomic mass is 9.79. The van der Waals surface area contributed by atoms with Crippen LogP contribution in [0.1, 0.15) is 32.8 Å². The maximum absolute atomic E-state index is 4.27. The third-order valence-electron chi connectivity index (χ3n) is 3.17. The number of nitrogens with one attached hydrogen (secondary N) is 1. The van der Waals surface area contributed by atoms with Crippen LogP contribution in [0.5, 0.6) is 0 Å². The van der Waals surface area contributed by atoms with E-state index in [0.717, 1.165) is 11.6 Å². The third-order valence-corrected chi connectivity index (χ3v) is 3.88. The molecule has 1 unspecified atom stereocenters. The average molecular weight is 260 g/mol. The van der Waals surface area contributed by atoms with Gasteiger partial charge in [-0.2, -0.15) is 0 Å². The minimum Gasteiger partial charge on any atom is -0.359 e. The van der Waals surface area contributed by atoms with E-state index in [2.05, 4.69) is 61.4 Å². The molecule has 96 valence electrons. The highest BCUT2D eigenvalue weighted by atomic mass is 32.1. The van der Waals surface area contributed by atoms with E-state index in [1.54, 1.807) is 11.3 Å². The molecule has 0 spiro atoms. The van der Waals surface area contributed by atoms with E-state index in [1.807, 2.05) is 11.6 Å². The highest BCUT2D eigenvalue weighted by Crippen LogP contribution is 2.29. The second-order valence-electron chi connectivity index (χ2n) is 5.34. The van der Waals surface area contributed by atoms with Crippen molar-refractivity contribution in [1.29, 1.82) is 0 Å². The highest BCUT2D eigenvalue weighted by Gasteiger charge is 2.23. The van der Waals surface area contributed by atoms with Gasteiger partial charge in [-0.3, -0.25) is 0 Å². The van der Waals surface area contributed by atoms with E-state index in [0.29, 0.717) is 6.04 Å². The predicted molar refractivity (Wildman–Crippen MR) is 79.3 cm³/mol. The Kier molecular flexibility index (Phi) is 4.02. The van der Waals surface area contributed by atoms with Gasteiger partial charge in [0.25, 0.3) is 0 Å². The molecule has 1 heterocycles.